The van der Waals surface area contributed by atoms with Crippen LogP contribution in [-0.4, -0.2) is 84.4 Å². The molecule has 13 nitrogen and oxygen atoms in total. The van der Waals surface area contributed by atoms with E-state index in [0.29, 0.717) is 19.5 Å². The lowest BCUT2D eigenvalue weighted by atomic mass is 9.70. The number of alkyl carbamates (subject to hydrolysis) is 1. The molecule has 270 valence electrons. The van der Waals surface area contributed by atoms with Crippen LogP contribution in [0.3, 0.4) is 0 Å². The van der Waals surface area contributed by atoms with E-state index in [9.17, 15) is 28.8 Å². The van der Waals surface area contributed by atoms with Gasteiger partial charge in [0.15, 0.2) is 0 Å². The van der Waals surface area contributed by atoms with E-state index in [1.165, 1.54) is 0 Å². The average Bonchev–Trinajstić information content (AvgIpc) is 3.30. The quantitative estimate of drug-likeness (QED) is 0.186. The Hall–Kier alpha value is -3.38. The molecule has 4 rings (SSSR count). The number of amides is 6. The number of hydrogen-bond acceptors (Lipinski definition) is 7. The Labute approximate surface area is 285 Å². The molecule has 1 heterocycles. The lowest BCUT2D eigenvalue weighted by Gasteiger charge is -2.43. The standard InChI is InChI=1S/C35H58N6O7/c1-8-37-32(47)48-19-23(33(2,3)4)39-31(46)40-27(35(7)15-10-9-11-16-35)30(45)41-18-21-24(34(21,5)6)25(41)29(44)38-22(26(42)28(36)43)17-20-13-12-14-20/h20-25,27H,8-19H2,1-7H3,(H2,36,43)(H,37,47)(H,38,44)(H2,39,40,46)/t21?,22?,23?,24?,25-,27+/m0/s1. The number of ketones is 1. The van der Waals surface area contributed by atoms with Crippen molar-refractivity contribution in [2.75, 3.05) is 19.7 Å². The molecule has 6 N–H and O–H groups in total. The number of hydrogen-bond donors (Lipinski definition) is 5. The number of carbonyl (C=O) groups excluding carboxylic acids is 6. The Morgan fingerprint density at radius 2 is 1.58 bits per heavy atom. The van der Waals surface area contributed by atoms with Crippen molar-refractivity contribution < 1.29 is 33.5 Å². The number of fused-ring (bicyclic) bond motifs is 1. The van der Waals surface area contributed by atoms with E-state index >= 15 is 0 Å². The molecule has 3 aliphatic carbocycles. The van der Waals surface area contributed by atoms with Crippen LogP contribution in [0.25, 0.3) is 0 Å². The summed E-state index contributed by atoms with van der Waals surface area (Å²) >= 11 is 0. The van der Waals surface area contributed by atoms with E-state index in [1.54, 1.807) is 11.8 Å². The van der Waals surface area contributed by atoms with Gasteiger partial charge in [0.25, 0.3) is 5.91 Å². The van der Waals surface area contributed by atoms with E-state index in [4.69, 9.17) is 10.5 Å². The molecule has 13 heteroatoms. The Kier molecular flexibility index (Phi) is 11.4. The van der Waals surface area contributed by atoms with Crippen molar-refractivity contribution in [2.24, 2.45) is 39.7 Å². The topological polar surface area (TPSA) is 189 Å². The maximum absolute atomic E-state index is 14.7. The van der Waals surface area contributed by atoms with E-state index in [0.717, 1.165) is 51.4 Å². The maximum atomic E-state index is 14.7. The van der Waals surface area contributed by atoms with Gasteiger partial charge in [-0.2, -0.15) is 0 Å². The van der Waals surface area contributed by atoms with Gasteiger partial charge in [-0.15, -0.1) is 0 Å². The van der Waals surface area contributed by atoms with Crippen LogP contribution in [0.1, 0.15) is 106 Å². The third-order valence-corrected chi connectivity index (χ3v) is 11.7. The van der Waals surface area contributed by atoms with E-state index in [2.05, 4.69) is 35.1 Å². The number of primary amides is 1. The van der Waals surface area contributed by atoms with Crippen LogP contribution in [0.4, 0.5) is 9.59 Å². The van der Waals surface area contributed by atoms with Crippen molar-refractivity contribution in [3.8, 4) is 0 Å². The lowest BCUT2D eigenvalue weighted by molar-refractivity contribution is -0.146. The zero-order valence-electron chi connectivity index (χ0n) is 29.9. The number of nitrogens with one attached hydrogen (secondary N) is 4. The fourth-order valence-electron chi connectivity index (χ4n) is 8.08. The molecule has 4 unspecified atom stereocenters. The van der Waals surface area contributed by atoms with E-state index < -0.39 is 64.7 Å². The van der Waals surface area contributed by atoms with Crippen molar-refractivity contribution in [3.63, 3.8) is 0 Å². The number of ether oxygens (including phenoxy) is 1. The molecule has 4 fully saturated rings. The van der Waals surface area contributed by atoms with Crippen LogP contribution in [0.2, 0.25) is 0 Å². The van der Waals surface area contributed by atoms with Crippen molar-refractivity contribution in [2.45, 2.75) is 130 Å². The number of nitrogens with zero attached hydrogens (tertiary/aromatic N) is 1. The van der Waals surface area contributed by atoms with Gasteiger partial charge in [-0.1, -0.05) is 80.1 Å². The highest BCUT2D eigenvalue weighted by Crippen LogP contribution is 2.65. The van der Waals surface area contributed by atoms with Crippen LogP contribution >= 0.6 is 0 Å². The van der Waals surface area contributed by atoms with E-state index in [-0.39, 0.29) is 35.7 Å². The molecule has 0 bridgehead atoms. The van der Waals surface area contributed by atoms with Gasteiger partial charge in [-0.05, 0) is 60.2 Å². The second-order valence-electron chi connectivity index (χ2n) is 16.5. The summed E-state index contributed by atoms with van der Waals surface area (Å²) in [5.41, 5.74) is 4.16. The minimum Gasteiger partial charge on any atom is -0.447 e. The Bertz CT molecular complexity index is 1250. The predicted molar refractivity (Wildman–Crippen MR) is 179 cm³/mol. The van der Waals surface area contributed by atoms with Crippen molar-refractivity contribution >= 4 is 35.6 Å². The normalized spacial score (nSPS) is 26.1. The van der Waals surface area contributed by atoms with Crippen LogP contribution in [-0.2, 0) is 23.9 Å². The molecule has 0 aromatic carbocycles. The summed E-state index contributed by atoms with van der Waals surface area (Å²) in [7, 11) is 0. The van der Waals surface area contributed by atoms with Gasteiger partial charge in [0.1, 0.15) is 18.7 Å². The Balaban J connectivity index is 1.57. The summed E-state index contributed by atoms with van der Waals surface area (Å²) in [5, 5.41) is 11.4. The summed E-state index contributed by atoms with van der Waals surface area (Å²) in [4.78, 5) is 80.8. The van der Waals surface area contributed by atoms with Crippen LogP contribution in [0.5, 0.6) is 0 Å². The molecular formula is C35H58N6O7. The first kappa shape index (κ1) is 37.4. The molecule has 0 spiro atoms. The second-order valence-corrected chi connectivity index (χ2v) is 16.5. The van der Waals surface area contributed by atoms with Gasteiger partial charge in [0, 0.05) is 13.1 Å². The zero-order chi connectivity index (χ0) is 35.6. The zero-order valence-corrected chi connectivity index (χ0v) is 29.9. The Morgan fingerprint density at radius 1 is 0.938 bits per heavy atom. The van der Waals surface area contributed by atoms with Gasteiger partial charge >= 0.3 is 12.1 Å². The highest BCUT2D eigenvalue weighted by molar-refractivity contribution is 6.37. The van der Waals surface area contributed by atoms with Gasteiger partial charge in [-0.25, -0.2) is 9.59 Å². The minimum absolute atomic E-state index is 0.0580. The minimum atomic E-state index is -1.09. The molecule has 1 saturated heterocycles. The number of rotatable bonds is 13. The molecule has 4 aliphatic rings. The molecule has 48 heavy (non-hydrogen) atoms. The number of likely N-dealkylation sites (tertiary alicyclic amines) is 1. The van der Waals surface area contributed by atoms with Crippen molar-refractivity contribution in [1.29, 1.82) is 0 Å². The summed E-state index contributed by atoms with van der Waals surface area (Å²) in [6, 6.07) is -3.92. The van der Waals surface area contributed by atoms with Crippen LogP contribution in [0, 0.1) is 34.0 Å². The predicted octanol–water partition coefficient (Wildman–Crippen LogP) is 3.00. The number of nitrogens with two attached hydrogens (primary N) is 1. The van der Waals surface area contributed by atoms with E-state index in [1.807, 2.05) is 27.7 Å². The van der Waals surface area contributed by atoms with Crippen LogP contribution < -0.4 is 27.0 Å². The SMILES string of the molecule is CCNC(=O)OCC(NC(=O)N[C@H](C(=O)N1CC2C([C@H]1C(=O)NC(CC1CCC1)C(=O)C(N)=O)C2(C)C)C1(C)CCCCC1)C(C)(C)C. The Morgan fingerprint density at radius 3 is 2.12 bits per heavy atom. The average molecular weight is 675 g/mol. The summed E-state index contributed by atoms with van der Waals surface area (Å²) in [6.07, 6.45) is 6.96. The van der Waals surface area contributed by atoms with Crippen LogP contribution in [0.15, 0.2) is 0 Å². The molecule has 0 aromatic heterocycles. The highest BCUT2D eigenvalue weighted by atomic mass is 16.5. The molecule has 1 aliphatic heterocycles. The summed E-state index contributed by atoms with van der Waals surface area (Å²) < 4.78 is 5.35. The van der Waals surface area contributed by atoms with Crippen molar-refractivity contribution in [3.05, 3.63) is 0 Å². The molecule has 0 radical (unpaired) electrons. The first-order valence-electron chi connectivity index (χ1n) is 17.8. The van der Waals surface area contributed by atoms with Gasteiger partial charge in [0.05, 0.1) is 12.1 Å². The number of Topliss-reactive ketones (excluding diaryl/α,β-unsaturated/α-hetero) is 1. The highest BCUT2D eigenvalue weighted by Gasteiger charge is 2.70. The van der Waals surface area contributed by atoms with Gasteiger partial charge < -0.3 is 36.6 Å². The molecule has 6 atom stereocenters. The third-order valence-electron chi connectivity index (χ3n) is 11.7. The van der Waals surface area contributed by atoms with Gasteiger partial charge in [0.2, 0.25) is 17.6 Å². The number of urea groups is 1. The first-order chi connectivity index (χ1) is 22.4. The summed E-state index contributed by atoms with van der Waals surface area (Å²) in [6.45, 7) is 14.4. The smallest absolute Gasteiger partial charge is 0.407 e. The molecule has 6 amide bonds. The first-order valence-corrected chi connectivity index (χ1v) is 17.8. The molecule has 3 saturated carbocycles. The maximum Gasteiger partial charge on any atom is 0.407 e. The number of carbonyl (C=O) groups is 6. The third kappa shape index (κ3) is 8.25. The fourth-order valence-corrected chi connectivity index (χ4v) is 8.08. The molecule has 0 aromatic rings. The molecular weight excluding hydrogens is 616 g/mol. The lowest BCUT2D eigenvalue weighted by Crippen LogP contribution is -2.63. The second kappa shape index (κ2) is 14.6. The number of piperidine rings is 1. The summed E-state index contributed by atoms with van der Waals surface area (Å²) in [5.74, 6) is -2.53. The van der Waals surface area contributed by atoms with Gasteiger partial charge in [-0.3, -0.25) is 19.2 Å². The largest absolute Gasteiger partial charge is 0.447 e. The monoisotopic (exact) mass is 674 g/mol. The fraction of sp³-hybridized carbons (Fsp3) is 0.829. The van der Waals surface area contributed by atoms with Crippen molar-refractivity contribution in [1.82, 2.24) is 26.2 Å².